The van der Waals surface area contributed by atoms with Crippen molar-refractivity contribution in [2.75, 3.05) is 0 Å². The number of halogens is 2. The average molecular weight is 414 g/mol. The van der Waals surface area contributed by atoms with Crippen molar-refractivity contribution in [1.82, 2.24) is 0 Å². The van der Waals surface area contributed by atoms with E-state index >= 15 is 0 Å². The van der Waals surface area contributed by atoms with E-state index in [0.717, 1.165) is 6.42 Å². The largest absolute Gasteiger partial charge is 0.324 e. The molecular formula is C10H9BrINS2. The molecule has 2 aromatic heterocycles. The summed E-state index contributed by atoms with van der Waals surface area (Å²) >= 11 is 9.36. The lowest BCUT2D eigenvalue weighted by Crippen LogP contribution is -2.11. The Balaban J connectivity index is 2.10. The van der Waals surface area contributed by atoms with Crippen molar-refractivity contribution in [3.8, 4) is 0 Å². The van der Waals surface area contributed by atoms with Crippen molar-refractivity contribution in [2.24, 2.45) is 5.73 Å². The predicted molar refractivity (Wildman–Crippen MR) is 79.7 cm³/mol. The van der Waals surface area contributed by atoms with E-state index in [4.69, 9.17) is 5.73 Å². The number of rotatable bonds is 3. The third kappa shape index (κ3) is 3.03. The fraction of sp³-hybridized carbons (Fsp3) is 0.200. The number of hydrogen-bond acceptors (Lipinski definition) is 3. The number of hydrogen-bond donors (Lipinski definition) is 1. The first kappa shape index (κ1) is 12.0. The van der Waals surface area contributed by atoms with Gasteiger partial charge in [0, 0.05) is 21.8 Å². The Bertz CT molecular complexity index is 452. The first-order valence-corrected chi connectivity index (χ1v) is 8.01. The van der Waals surface area contributed by atoms with Crippen LogP contribution in [0, 0.1) is 2.88 Å². The number of thiophene rings is 2. The smallest absolute Gasteiger partial charge is 0.0656 e. The summed E-state index contributed by atoms with van der Waals surface area (Å²) in [6.07, 6.45) is 0.908. The van der Waals surface area contributed by atoms with E-state index in [9.17, 15) is 0 Å². The van der Waals surface area contributed by atoms with Gasteiger partial charge >= 0.3 is 0 Å². The SMILES string of the molecule is NC(Cc1sccc1Br)c1csc(I)c1. The molecule has 80 valence electrons. The van der Waals surface area contributed by atoms with Crippen molar-refractivity contribution < 1.29 is 0 Å². The summed E-state index contributed by atoms with van der Waals surface area (Å²) < 4.78 is 2.47. The maximum Gasteiger partial charge on any atom is 0.0656 e. The minimum atomic E-state index is 0.111. The van der Waals surface area contributed by atoms with Crippen LogP contribution in [-0.4, -0.2) is 0 Å². The van der Waals surface area contributed by atoms with Crippen molar-refractivity contribution in [2.45, 2.75) is 12.5 Å². The second-order valence-corrected chi connectivity index (χ2v) is 7.85. The van der Waals surface area contributed by atoms with E-state index in [1.54, 1.807) is 22.7 Å². The minimum absolute atomic E-state index is 0.111. The van der Waals surface area contributed by atoms with Crippen molar-refractivity contribution in [3.63, 3.8) is 0 Å². The molecule has 0 saturated carbocycles. The van der Waals surface area contributed by atoms with Gasteiger partial charge in [0.2, 0.25) is 0 Å². The van der Waals surface area contributed by atoms with Crippen LogP contribution in [0.5, 0.6) is 0 Å². The van der Waals surface area contributed by atoms with Gasteiger partial charge in [0.15, 0.2) is 0 Å². The molecule has 0 aliphatic rings. The van der Waals surface area contributed by atoms with Crippen LogP contribution in [0.4, 0.5) is 0 Å². The number of nitrogens with two attached hydrogens (primary N) is 1. The molecule has 2 N–H and O–H groups in total. The highest BCUT2D eigenvalue weighted by Crippen LogP contribution is 2.29. The van der Waals surface area contributed by atoms with E-state index < -0.39 is 0 Å². The standard InChI is InChI=1S/C10H9BrINS2/c11-7-1-2-14-9(7)4-8(13)6-3-10(12)15-5-6/h1-3,5,8H,4,13H2. The Kier molecular flexibility index (Phi) is 4.23. The van der Waals surface area contributed by atoms with Crippen molar-refractivity contribution >= 4 is 61.2 Å². The molecule has 0 spiro atoms. The van der Waals surface area contributed by atoms with Crippen LogP contribution in [0.2, 0.25) is 0 Å². The molecule has 2 heterocycles. The first-order chi connectivity index (χ1) is 7.16. The highest BCUT2D eigenvalue weighted by Gasteiger charge is 2.11. The molecule has 15 heavy (non-hydrogen) atoms. The zero-order chi connectivity index (χ0) is 10.8. The predicted octanol–water partition coefficient (Wildman–Crippen LogP) is 4.42. The molecule has 0 fully saturated rings. The highest BCUT2D eigenvalue weighted by atomic mass is 127. The molecule has 1 nitrogen and oxygen atoms in total. The fourth-order valence-corrected chi connectivity index (χ4v) is 4.32. The van der Waals surface area contributed by atoms with Crippen LogP contribution in [0.3, 0.4) is 0 Å². The normalized spacial score (nSPS) is 13.0. The molecule has 1 atom stereocenters. The van der Waals surface area contributed by atoms with E-state index in [0.29, 0.717) is 0 Å². The zero-order valence-electron chi connectivity index (χ0n) is 7.74. The van der Waals surface area contributed by atoms with Crippen molar-refractivity contribution in [3.05, 3.63) is 40.7 Å². The monoisotopic (exact) mass is 413 g/mol. The molecule has 2 aromatic rings. The van der Waals surface area contributed by atoms with E-state index in [2.05, 4.69) is 61.4 Å². The van der Waals surface area contributed by atoms with Crippen LogP contribution in [0.25, 0.3) is 0 Å². The molecule has 0 saturated heterocycles. The Morgan fingerprint density at radius 1 is 1.47 bits per heavy atom. The van der Waals surface area contributed by atoms with Gasteiger partial charge < -0.3 is 5.73 Å². The van der Waals surface area contributed by atoms with Gasteiger partial charge in [0.05, 0.1) is 2.88 Å². The minimum Gasteiger partial charge on any atom is -0.324 e. The van der Waals surface area contributed by atoms with Crippen molar-refractivity contribution in [1.29, 1.82) is 0 Å². The first-order valence-electron chi connectivity index (χ1n) is 4.38. The fourth-order valence-electron chi connectivity index (χ4n) is 1.31. The molecule has 0 aliphatic carbocycles. The summed E-state index contributed by atoms with van der Waals surface area (Å²) in [6, 6.07) is 4.35. The second kappa shape index (κ2) is 5.27. The summed E-state index contributed by atoms with van der Waals surface area (Å²) in [4.78, 5) is 1.32. The third-order valence-electron chi connectivity index (χ3n) is 2.11. The molecular weight excluding hydrogens is 405 g/mol. The zero-order valence-corrected chi connectivity index (χ0v) is 13.1. The van der Waals surface area contributed by atoms with E-state index in [-0.39, 0.29) is 6.04 Å². The van der Waals surface area contributed by atoms with Gasteiger partial charge in [0.1, 0.15) is 0 Å². The van der Waals surface area contributed by atoms with Crippen LogP contribution in [0.1, 0.15) is 16.5 Å². The quantitative estimate of drug-likeness (QED) is 0.740. The summed E-state index contributed by atoms with van der Waals surface area (Å²) in [5.41, 5.74) is 7.40. The molecule has 0 aromatic carbocycles. The summed E-state index contributed by atoms with van der Waals surface area (Å²) in [7, 11) is 0. The lowest BCUT2D eigenvalue weighted by molar-refractivity contribution is 0.731. The molecule has 0 amide bonds. The highest BCUT2D eigenvalue weighted by molar-refractivity contribution is 14.1. The third-order valence-corrected chi connectivity index (χ3v) is 5.87. The van der Waals surface area contributed by atoms with Gasteiger partial charge in [-0.1, -0.05) is 0 Å². The molecule has 2 rings (SSSR count). The lowest BCUT2D eigenvalue weighted by atomic mass is 10.1. The molecule has 0 aliphatic heterocycles. The summed E-state index contributed by atoms with van der Waals surface area (Å²) in [6.45, 7) is 0. The Hall–Kier alpha value is 0.570. The van der Waals surface area contributed by atoms with Gasteiger partial charge in [0.25, 0.3) is 0 Å². The molecule has 5 heteroatoms. The van der Waals surface area contributed by atoms with Gasteiger partial charge in [-0.2, -0.15) is 0 Å². The average Bonchev–Trinajstić information content (AvgIpc) is 2.77. The van der Waals surface area contributed by atoms with Crippen LogP contribution >= 0.6 is 61.2 Å². The van der Waals surface area contributed by atoms with Crippen LogP contribution in [-0.2, 0) is 6.42 Å². The summed E-state index contributed by atoms with van der Waals surface area (Å²) in [5.74, 6) is 0. The van der Waals surface area contributed by atoms with Crippen LogP contribution in [0.15, 0.2) is 27.4 Å². The van der Waals surface area contributed by atoms with Gasteiger partial charge in [-0.25, -0.2) is 0 Å². The maximum absolute atomic E-state index is 6.16. The Labute approximate surface area is 119 Å². The lowest BCUT2D eigenvalue weighted by Gasteiger charge is -2.08. The molecule has 0 bridgehead atoms. The molecule has 1 unspecified atom stereocenters. The van der Waals surface area contributed by atoms with Gasteiger partial charge in [-0.15, -0.1) is 22.7 Å². The Morgan fingerprint density at radius 2 is 2.27 bits per heavy atom. The second-order valence-electron chi connectivity index (χ2n) is 3.19. The Morgan fingerprint density at radius 3 is 2.80 bits per heavy atom. The van der Waals surface area contributed by atoms with Crippen LogP contribution < -0.4 is 5.73 Å². The summed E-state index contributed by atoms with van der Waals surface area (Å²) in [5, 5.41) is 4.23. The van der Waals surface area contributed by atoms with Gasteiger partial charge in [-0.05, 0) is 67.0 Å². The molecule has 0 radical (unpaired) electrons. The van der Waals surface area contributed by atoms with Gasteiger partial charge in [-0.3, -0.25) is 0 Å². The van der Waals surface area contributed by atoms with E-state index in [1.807, 2.05) is 0 Å². The van der Waals surface area contributed by atoms with E-state index in [1.165, 1.54) is 17.8 Å². The topological polar surface area (TPSA) is 26.0 Å². The maximum atomic E-state index is 6.16.